The van der Waals surface area contributed by atoms with Gasteiger partial charge in [-0.2, -0.15) is 0 Å². The maximum atomic E-state index is 11.7. The number of sulfone groups is 1. The van der Waals surface area contributed by atoms with Crippen LogP contribution in [-0.4, -0.2) is 43.3 Å². The summed E-state index contributed by atoms with van der Waals surface area (Å²) < 4.78 is 22.9. The molecule has 0 aromatic rings. The maximum absolute atomic E-state index is 11.7. The van der Waals surface area contributed by atoms with E-state index in [-0.39, 0.29) is 22.8 Å². The summed E-state index contributed by atoms with van der Waals surface area (Å²) in [5, 5.41) is -0.300. The molecule has 0 aromatic heterocycles. The zero-order valence-corrected chi connectivity index (χ0v) is 9.79. The minimum absolute atomic E-state index is 0.170. The van der Waals surface area contributed by atoms with Crippen molar-refractivity contribution in [2.75, 3.05) is 18.8 Å². The molecule has 0 atom stereocenters. The Balaban J connectivity index is 1.85. The lowest BCUT2D eigenvalue weighted by molar-refractivity contribution is -0.141. The molecule has 0 N–H and O–H groups in total. The van der Waals surface area contributed by atoms with Gasteiger partial charge in [-0.25, -0.2) is 8.42 Å². The molecule has 1 aliphatic carbocycles. The van der Waals surface area contributed by atoms with E-state index in [0.29, 0.717) is 13.1 Å². The molecule has 1 saturated carbocycles. The largest absolute Gasteiger partial charge is 0.340 e. The summed E-state index contributed by atoms with van der Waals surface area (Å²) >= 11 is 0. The van der Waals surface area contributed by atoms with Crippen molar-refractivity contribution in [2.45, 2.75) is 31.4 Å². The average Bonchev–Trinajstić information content (AvgIpc) is 1.97. The van der Waals surface area contributed by atoms with Gasteiger partial charge in [0.15, 0.2) is 9.84 Å². The molecule has 1 saturated heterocycles. The number of carbonyl (C=O) groups excluding carboxylic acids is 1. The van der Waals surface area contributed by atoms with Gasteiger partial charge < -0.3 is 4.90 Å². The monoisotopic (exact) mass is 231 g/mol. The zero-order chi connectivity index (χ0) is 11.1. The summed E-state index contributed by atoms with van der Waals surface area (Å²) in [6, 6.07) is 0. The van der Waals surface area contributed by atoms with Crippen LogP contribution in [0.3, 0.4) is 0 Å². The second-order valence-electron chi connectivity index (χ2n) is 4.44. The van der Waals surface area contributed by atoms with Crippen LogP contribution in [0.25, 0.3) is 0 Å². The first-order valence-electron chi connectivity index (χ1n) is 5.55. The fourth-order valence-corrected chi connectivity index (χ4v) is 3.28. The van der Waals surface area contributed by atoms with Crippen molar-refractivity contribution in [3.8, 4) is 0 Å². The fraction of sp³-hybridized carbons (Fsp3) is 0.900. The van der Waals surface area contributed by atoms with Gasteiger partial charge in [-0.3, -0.25) is 4.79 Å². The molecule has 86 valence electrons. The van der Waals surface area contributed by atoms with Gasteiger partial charge in [-0.1, -0.05) is 13.3 Å². The molecule has 15 heavy (non-hydrogen) atoms. The number of hydrogen-bond donors (Lipinski definition) is 0. The molecule has 1 amide bonds. The second-order valence-corrected chi connectivity index (χ2v) is 7.01. The molecule has 2 aliphatic rings. The molecule has 0 bridgehead atoms. The fourth-order valence-electron chi connectivity index (χ4n) is 1.99. The van der Waals surface area contributed by atoms with Gasteiger partial charge in [0.25, 0.3) is 0 Å². The lowest BCUT2D eigenvalue weighted by atomic mass is 9.84. The van der Waals surface area contributed by atoms with Gasteiger partial charge in [0.05, 0.1) is 5.25 Å². The third-order valence-corrected chi connectivity index (χ3v) is 5.64. The van der Waals surface area contributed by atoms with E-state index in [4.69, 9.17) is 0 Å². The van der Waals surface area contributed by atoms with Gasteiger partial charge in [-0.05, 0) is 12.8 Å². The molecule has 4 nitrogen and oxygen atoms in total. The third kappa shape index (κ3) is 1.89. The van der Waals surface area contributed by atoms with E-state index in [9.17, 15) is 13.2 Å². The Morgan fingerprint density at radius 3 is 2.33 bits per heavy atom. The van der Waals surface area contributed by atoms with Crippen LogP contribution in [-0.2, 0) is 14.6 Å². The van der Waals surface area contributed by atoms with E-state index in [1.807, 2.05) is 0 Å². The number of likely N-dealkylation sites (tertiary alicyclic amines) is 1. The highest BCUT2D eigenvalue weighted by Crippen LogP contribution is 2.30. The van der Waals surface area contributed by atoms with Crippen molar-refractivity contribution < 1.29 is 13.2 Å². The topological polar surface area (TPSA) is 54.5 Å². The Bertz CT molecular complexity index is 353. The molecule has 0 spiro atoms. The van der Waals surface area contributed by atoms with Crippen LogP contribution >= 0.6 is 0 Å². The molecule has 1 aliphatic heterocycles. The Labute approximate surface area is 90.6 Å². The van der Waals surface area contributed by atoms with Gasteiger partial charge in [0, 0.05) is 24.8 Å². The molecule has 2 rings (SSSR count). The van der Waals surface area contributed by atoms with E-state index in [1.54, 1.807) is 11.8 Å². The Hall–Kier alpha value is -0.580. The molecule has 2 fully saturated rings. The first-order valence-corrected chi connectivity index (χ1v) is 7.26. The van der Waals surface area contributed by atoms with Gasteiger partial charge in [0.1, 0.15) is 0 Å². The standard InChI is InChI=1S/C10H17NO3S/c1-2-15(13,14)9-6-11(7-9)10(12)8-4-3-5-8/h8-9H,2-7H2,1H3. The predicted molar refractivity (Wildman–Crippen MR) is 57.2 cm³/mol. The van der Waals surface area contributed by atoms with Crippen LogP contribution in [0.2, 0.25) is 0 Å². The van der Waals surface area contributed by atoms with Crippen LogP contribution in [0.5, 0.6) is 0 Å². The van der Waals surface area contributed by atoms with Gasteiger partial charge >= 0.3 is 0 Å². The zero-order valence-electron chi connectivity index (χ0n) is 8.98. The lowest BCUT2D eigenvalue weighted by Crippen LogP contribution is -2.59. The van der Waals surface area contributed by atoms with Crippen LogP contribution in [0.1, 0.15) is 26.2 Å². The Morgan fingerprint density at radius 2 is 1.93 bits per heavy atom. The predicted octanol–water partition coefficient (Wildman–Crippen LogP) is 0.432. The summed E-state index contributed by atoms with van der Waals surface area (Å²) in [4.78, 5) is 13.4. The second kappa shape index (κ2) is 3.77. The molecule has 0 aromatic carbocycles. The Kier molecular flexibility index (Phi) is 2.75. The van der Waals surface area contributed by atoms with E-state index < -0.39 is 9.84 Å². The first-order chi connectivity index (χ1) is 7.04. The van der Waals surface area contributed by atoms with E-state index in [1.165, 1.54) is 0 Å². The molecule has 0 radical (unpaired) electrons. The summed E-state index contributed by atoms with van der Waals surface area (Å²) in [6.45, 7) is 2.50. The van der Waals surface area contributed by atoms with Crippen LogP contribution < -0.4 is 0 Å². The number of nitrogens with zero attached hydrogens (tertiary/aromatic N) is 1. The summed E-state index contributed by atoms with van der Waals surface area (Å²) in [5.74, 6) is 0.544. The number of amides is 1. The summed E-state index contributed by atoms with van der Waals surface area (Å²) in [7, 11) is -2.94. The van der Waals surface area contributed by atoms with Crippen molar-refractivity contribution in [2.24, 2.45) is 5.92 Å². The smallest absolute Gasteiger partial charge is 0.225 e. The number of carbonyl (C=O) groups is 1. The van der Waals surface area contributed by atoms with Crippen molar-refractivity contribution in [3.63, 3.8) is 0 Å². The average molecular weight is 231 g/mol. The van der Waals surface area contributed by atoms with Crippen molar-refractivity contribution >= 4 is 15.7 Å². The lowest BCUT2D eigenvalue weighted by Gasteiger charge is -2.42. The van der Waals surface area contributed by atoms with Crippen molar-refractivity contribution in [3.05, 3.63) is 0 Å². The quantitative estimate of drug-likeness (QED) is 0.708. The van der Waals surface area contributed by atoms with E-state index in [0.717, 1.165) is 19.3 Å². The Morgan fingerprint density at radius 1 is 1.33 bits per heavy atom. The highest BCUT2D eigenvalue weighted by Gasteiger charge is 2.41. The van der Waals surface area contributed by atoms with E-state index in [2.05, 4.69) is 0 Å². The first kappa shape index (κ1) is 10.9. The minimum atomic E-state index is -2.94. The molecular formula is C10H17NO3S. The molecule has 5 heteroatoms. The van der Waals surface area contributed by atoms with Crippen LogP contribution in [0.4, 0.5) is 0 Å². The van der Waals surface area contributed by atoms with Gasteiger partial charge in [-0.15, -0.1) is 0 Å². The normalized spacial score (nSPS) is 23.4. The number of hydrogen-bond acceptors (Lipinski definition) is 3. The molecule has 0 unspecified atom stereocenters. The van der Waals surface area contributed by atoms with Crippen molar-refractivity contribution in [1.82, 2.24) is 4.90 Å². The SMILES string of the molecule is CCS(=O)(=O)C1CN(C(=O)C2CCC2)C1. The number of rotatable bonds is 3. The van der Waals surface area contributed by atoms with Crippen molar-refractivity contribution in [1.29, 1.82) is 0 Å². The van der Waals surface area contributed by atoms with Crippen LogP contribution in [0.15, 0.2) is 0 Å². The highest BCUT2D eigenvalue weighted by molar-refractivity contribution is 7.92. The molecular weight excluding hydrogens is 214 g/mol. The summed E-state index contributed by atoms with van der Waals surface area (Å²) in [5.41, 5.74) is 0. The molecule has 1 heterocycles. The summed E-state index contributed by atoms with van der Waals surface area (Å²) in [6.07, 6.45) is 3.11. The highest BCUT2D eigenvalue weighted by atomic mass is 32.2. The third-order valence-electron chi connectivity index (χ3n) is 3.52. The van der Waals surface area contributed by atoms with E-state index >= 15 is 0 Å². The maximum Gasteiger partial charge on any atom is 0.225 e. The van der Waals surface area contributed by atoms with Crippen LogP contribution in [0, 0.1) is 5.92 Å². The minimum Gasteiger partial charge on any atom is -0.340 e. The van der Waals surface area contributed by atoms with Gasteiger partial charge in [0.2, 0.25) is 5.91 Å².